The minimum absolute atomic E-state index is 0.0250. The standard InChI is InChI=1S/C19H19N5S/c1-3-13-4-6-14(7-5-13)17-12-18(24-19(20-17)21-22-23-24)15-8-10-16(25-2)11-9-15/h4-12,18H,3H2,1-2H3,(H,20,21,23)/t18-/m0/s1. The first kappa shape index (κ1) is 15.9. The number of tetrazole rings is 1. The number of nitrogens with one attached hydrogen (secondary N) is 1. The summed E-state index contributed by atoms with van der Waals surface area (Å²) in [6.45, 7) is 2.16. The molecule has 6 heteroatoms. The van der Waals surface area contributed by atoms with Gasteiger partial charge in [0.05, 0.1) is 0 Å². The third kappa shape index (κ3) is 3.05. The fraction of sp³-hybridized carbons (Fsp3) is 0.211. The van der Waals surface area contributed by atoms with Gasteiger partial charge < -0.3 is 5.32 Å². The van der Waals surface area contributed by atoms with E-state index in [1.54, 1.807) is 11.8 Å². The van der Waals surface area contributed by atoms with E-state index in [4.69, 9.17) is 0 Å². The maximum absolute atomic E-state index is 4.16. The first-order chi connectivity index (χ1) is 12.3. The minimum Gasteiger partial charge on any atom is -0.323 e. The molecule has 0 amide bonds. The Morgan fingerprint density at radius 1 is 1.08 bits per heavy atom. The topological polar surface area (TPSA) is 55.6 Å². The Morgan fingerprint density at radius 2 is 1.84 bits per heavy atom. The maximum Gasteiger partial charge on any atom is 0.248 e. The average Bonchev–Trinajstić information content (AvgIpc) is 3.16. The number of hydrogen-bond donors (Lipinski definition) is 1. The fourth-order valence-electron chi connectivity index (χ4n) is 2.98. The van der Waals surface area contributed by atoms with Gasteiger partial charge in [0.15, 0.2) is 0 Å². The number of anilines is 1. The monoisotopic (exact) mass is 349 g/mol. The van der Waals surface area contributed by atoms with E-state index in [2.05, 4.69) is 88.6 Å². The van der Waals surface area contributed by atoms with Crippen molar-refractivity contribution in [2.75, 3.05) is 11.6 Å². The van der Waals surface area contributed by atoms with Gasteiger partial charge in [-0.1, -0.05) is 48.4 Å². The van der Waals surface area contributed by atoms with Gasteiger partial charge in [0.1, 0.15) is 6.04 Å². The lowest BCUT2D eigenvalue weighted by molar-refractivity contribution is 0.585. The van der Waals surface area contributed by atoms with Crippen LogP contribution < -0.4 is 5.32 Å². The van der Waals surface area contributed by atoms with Crippen molar-refractivity contribution in [2.45, 2.75) is 24.3 Å². The molecule has 3 aromatic rings. The van der Waals surface area contributed by atoms with Gasteiger partial charge in [-0.3, -0.25) is 0 Å². The molecule has 0 unspecified atom stereocenters. The molecule has 0 fully saturated rings. The summed E-state index contributed by atoms with van der Waals surface area (Å²) in [5.74, 6) is 0.663. The van der Waals surface area contributed by atoms with Crippen molar-refractivity contribution >= 4 is 23.4 Å². The van der Waals surface area contributed by atoms with Crippen molar-refractivity contribution in [3.8, 4) is 0 Å². The van der Waals surface area contributed by atoms with Gasteiger partial charge in [0.2, 0.25) is 5.95 Å². The van der Waals surface area contributed by atoms with Crippen LogP contribution in [0.4, 0.5) is 5.95 Å². The highest BCUT2D eigenvalue weighted by Gasteiger charge is 2.24. The van der Waals surface area contributed by atoms with E-state index in [0.29, 0.717) is 5.95 Å². The number of allylic oxidation sites excluding steroid dienone is 1. The zero-order chi connectivity index (χ0) is 17.2. The summed E-state index contributed by atoms with van der Waals surface area (Å²) in [7, 11) is 0. The van der Waals surface area contributed by atoms with E-state index in [9.17, 15) is 0 Å². The summed E-state index contributed by atoms with van der Waals surface area (Å²) in [5, 5.41) is 15.4. The number of fused-ring (bicyclic) bond motifs is 1. The molecule has 1 N–H and O–H groups in total. The SMILES string of the molecule is CCc1ccc(C2=C[C@@H](c3ccc(SC)cc3)n3nnnc3N2)cc1. The van der Waals surface area contributed by atoms with Crippen molar-refractivity contribution in [2.24, 2.45) is 0 Å². The molecule has 25 heavy (non-hydrogen) atoms. The zero-order valence-electron chi connectivity index (χ0n) is 14.2. The van der Waals surface area contributed by atoms with E-state index in [1.165, 1.54) is 10.5 Å². The molecule has 1 atom stereocenters. The second-order valence-electron chi connectivity index (χ2n) is 5.92. The molecule has 0 radical (unpaired) electrons. The van der Waals surface area contributed by atoms with Gasteiger partial charge in [-0.2, -0.15) is 4.68 Å². The Labute approximate surface area is 151 Å². The molecular weight excluding hydrogens is 330 g/mol. The molecule has 1 aliphatic rings. The van der Waals surface area contributed by atoms with Gasteiger partial charge in [-0.15, -0.1) is 11.8 Å². The third-order valence-corrected chi connectivity index (χ3v) is 5.20. The summed E-state index contributed by atoms with van der Waals surface area (Å²) in [5.41, 5.74) is 4.66. The Balaban J connectivity index is 1.74. The number of aromatic nitrogens is 4. The quantitative estimate of drug-likeness (QED) is 0.721. The third-order valence-electron chi connectivity index (χ3n) is 4.46. The van der Waals surface area contributed by atoms with E-state index in [0.717, 1.165) is 23.2 Å². The van der Waals surface area contributed by atoms with Crippen LogP contribution in [0.5, 0.6) is 0 Å². The second-order valence-corrected chi connectivity index (χ2v) is 6.80. The Morgan fingerprint density at radius 3 is 2.52 bits per heavy atom. The zero-order valence-corrected chi connectivity index (χ0v) is 15.0. The second kappa shape index (κ2) is 6.72. The van der Waals surface area contributed by atoms with Crippen molar-refractivity contribution < 1.29 is 0 Å². The van der Waals surface area contributed by atoms with Crippen molar-refractivity contribution in [3.63, 3.8) is 0 Å². The van der Waals surface area contributed by atoms with Crippen LogP contribution in [0.3, 0.4) is 0 Å². The molecule has 2 aromatic carbocycles. The molecule has 2 heterocycles. The van der Waals surface area contributed by atoms with Gasteiger partial charge >= 0.3 is 0 Å². The number of rotatable bonds is 4. The van der Waals surface area contributed by atoms with Gasteiger partial charge in [-0.25, -0.2) is 0 Å². The van der Waals surface area contributed by atoms with Crippen LogP contribution in [-0.2, 0) is 6.42 Å². The largest absolute Gasteiger partial charge is 0.323 e. The molecule has 4 rings (SSSR count). The smallest absolute Gasteiger partial charge is 0.248 e. The van der Waals surface area contributed by atoms with E-state index in [1.807, 2.05) is 4.68 Å². The number of nitrogens with zero attached hydrogens (tertiary/aromatic N) is 4. The molecule has 0 bridgehead atoms. The van der Waals surface area contributed by atoms with Crippen LogP contribution in [0.25, 0.3) is 5.70 Å². The lowest BCUT2D eigenvalue weighted by atomic mass is 10.0. The van der Waals surface area contributed by atoms with Crippen LogP contribution >= 0.6 is 11.8 Å². The normalized spacial score (nSPS) is 16.1. The summed E-state index contributed by atoms with van der Waals surface area (Å²) >= 11 is 1.74. The van der Waals surface area contributed by atoms with Gasteiger partial charge in [-0.05, 0) is 58.0 Å². The van der Waals surface area contributed by atoms with Gasteiger partial charge in [0, 0.05) is 10.6 Å². The summed E-state index contributed by atoms with van der Waals surface area (Å²) in [6.07, 6.45) is 5.30. The molecule has 1 aromatic heterocycles. The lowest BCUT2D eigenvalue weighted by Crippen LogP contribution is -2.20. The highest BCUT2D eigenvalue weighted by Crippen LogP contribution is 2.32. The van der Waals surface area contributed by atoms with E-state index < -0.39 is 0 Å². The first-order valence-electron chi connectivity index (χ1n) is 8.28. The van der Waals surface area contributed by atoms with Gasteiger partial charge in [0.25, 0.3) is 0 Å². The first-order valence-corrected chi connectivity index (χ1v) is 9.51. The lowest BCUT2D eigenvalue weighted by Gasteiger charge is -2.23. The predicted molar refractivity (Wildman–Crippen MR) is 102 cm³/mol. The number of benzene rings is 2. The molecular formula is C19H19N5S. The fourth-order valence-corrected chi connectivity index (χ4v) is 3.39. The van der Waals surface area contributed by atoms with Crippen molar-refractivity contribution in [3.05, 3.63) is 71.3 Å². The molecule has 126 valence electrons. The summed E-state index contributed by atoms with van der Waals surface area (Å²) in [6, 6.07) is 17.1. The van der Waals surface area contributed by atoms with Crippen LogP contribution in [-0.4, -0.2) is 26.5 Å². The Kier molecular flexibility index (Phi) is 4.28. The Hall–Kier alpha value is -2.60. The predicted octanol–water partition coefficient (Wildman–Crippen LogP) is 4.01. The van der Waals surface area contributed by atoms with Crippen LogP contribution in [0.1, 0.15) is 29.7 Å². The molecule has 0 spiro atoms. The number of hydrogen-bond acceptors (Lipinski definition) is 5. The molecule has 0 aliphatic carbocycles. The van der Waals surface area contributed by atoms with E-state index in [-0.39, 0.29) is 6.04 Å². The molecule has 0 saturated heterocycles. The minimum atomic E-state index is -0.0250. The van der Waals surface area contributed by atoms with Crippen LogP contribution in [0, 0.1) is 0 Å². The molecule has 5 nitrogen and oxygen atoms in total. The number of thioether (sulfide) groups is 1. The van der Waals surface area contributed by atoms with Crippen molar-refractivity contribution in [1.82, 2.24) is 20.2 Å². The van der Waals surface area contributed by atoms with Crippen LogP contribution in [0.15, 0.2) is 59.5 Å². The highest BCUT2D eigenvalue weighted by molar-refractivity contribution is 7.98. The van der Waals surface area contributed by atoms with E-state index >= 15 is 0 Å². The summed E-state index contributed by atoms with van der Waals surface area (Å²) in [4.78, 5) is 1.24. The van der Waals surface area contributed by atoms with Crippen LogP contribution in [0.2, 0.25) is 0 Å². The number of aryl methyl sites for hydroxylation is 1. The summed E-state index contributed by atoms with van der Waals surface area (Å²) < 4.78 is 1.82. The highest BCUT2D eigenvalue weighted by atomic mass is 32.2. The molecule has 1 aliphatic heterocycles. The average molecular weight is 349 g/mol. The maximum atomic E-state index is 4.16. The van der Waals surface area contributed by atoms with Crippen molar-refractivity contribution in [1.29, 1.82) is 0 Å². The molecule has 0 saturated carbocycles. The Bertz CT molecular complexity index is 896.